The summed E-state index contributed by atoms with van der Waals surface area (Å²) in [5, 5.41) is 7.18. The highest BCUT2D eigenvalue weighted by Crippen LogP contribution is 2.34. The topological polar surface area (TPSA) is 27.3 Å². The van der Waals surface area contributed by atoms with Crippen molar-refractivity contribution >= 4 is 0 Å². The fourth-order valence-corrected chi connectivity index (χ4v) is 3.17. The SMILES string of the molecule is CN1CCC(C(C)(C)CNC2CCNC2)CC1. The molecule has 3 nitrogen and oxygen atoms in total. The molecule has 2 N–H and O–H groups in total. The van der Waals surface area contributed by atoms with Gasteiger partial charge >= 0.3 is 0 Å². The number of piperidine rings is 1. The van der Waals surface area contributed by atoms with Crippen molar-refractivity contribution in [2.75, 3.05) is 39.8 Å². The normalized spacial score (nSPS) is 28.8. The number of rotatable bonds is 4. The molecule has 0 radical (unpaired) electrons. The lowest BCUT2D eigenvalue weighted by Crippen LogP contribution is -2.44. The van der Waals surface area contributed by atoms with Gasteiger partial charge in [-0.2, -0.15) is 0 Å². The van der Waals surface area contributed by atoms with Gasteiger partial charge in [-0.15, -0.1) is 0 Å². The van der Waals surface area contributed by atoms with Gasteiger partial charge in [0.15, 0.2) is 0 Å². The quantitative estimate of drug-likeness (QED) is 0.774. The first-order valence-electron chi connectivity index (χ1n) is 7.20. The second kappa shape index (κ2) is 5.68. The summed E-state index contributed by atoms with van der Waals surface area (Å²) in [7, 11) is 2.24. The highest BCUT2D eigenvalue weighted by molar-refractivity contribution is 4.87. The van der Waals surface area contributed by atoms with Gasteiger partial charge in [0, 0.05) is 19.1 Å². The Morgan fingerprint density at radius 2 is 1.94 bits per heavy atom. The summed E-state index contributed by atoms with van der Waals surface area (Å²) < 4.78 is 0. The van der Waals surface area contributed by atoms with E-state index in [9.17, 15) is 0 Å². The molecule has 2 heterocycles. The minimum Gasteiger partial charge on any atom is -0.315 e. The average molecular weight is 239 g/mol. The zero-order valence-electron chi connectivity index (χ0n) is 11.8. The first kappa shape index (κ1) is 13.3. The van der Waals surface area contributed by atoms with Gasteiger partial charge < -0.3 is 15.5 Å². The molecule has 3 heteroatoms. The second-order valence-corrected chi connectivity index (χ2v) is 6.64. The molecule has 0 amide bonds. The fourth-order valence-electron chi connectivity index (χ4n) is 3.17. The number of nitrogens with one attached hydrogen (secondary N) is 2. The van der Waals surface area contributed by atoms with Gasteiger partial charge in [-0.1, -0.05) is 13.8 Å². The monoisotopic (exact) mass is 239 g/mol. The molecule has 2 aliphatic rings. The van der Waals surface area contributed by atoms with Crippen LogP contribution in [0.2, 0.25) is 0 Å². The molecule has 2 saturated heterocycles. The lowest BCUT2D eigenvalue weighted by molar-refractivity contribution is 0.111. The van der Waals surface area contributed by atoms with Gasteiger partial charge in [0.1, 0.15) is 0 Å². The first-order chi connectivity index (χ1) is 8.08. The third-order valence-electron chi connectivity index (χ3n) is 4.73. The van der Waals surface area contributed by atoms with Crippen molar-refractivity contribution in [2.24, 2.45) is 11.3 Å². The Morgan fingerprint density at radius 1 is 1.24 bits per heavy atom. The van der Waals surface area contributed by atoms with Crippen molar-refractivity contribution in [3.05, 3.63) is 0 Å². The summed E-state index contributed by atoms with van der Waals surface area (Å²) in [6, 6.07) is 0.709. The van der Waals surface area contributed by atoms with E-state index in [-0.39, 0.29) is 0 Å². The molecule has 0 spiro atoms. The lowest BCUT2D eigenvalue weighted by Gasteiger charge is -2.40. The Balaban J connectivity index is 1.76. The molecule has 0 aliphatic carbocycles. The van der Waals surface area contributed by atoms with E-state index in [0.717, 1.165) is 12.5 Å². The van der Waals surface area contributed by atoms with Gasteiger partial charge in [-0.05, 0) is 57.3 Å². The smallest absolute Gasteiger partial charge is 0.0204 e. The van der Waals surface area contributed by atoms with Crippen molar-refractivity contribution in [3.8, 4) is 0 Å². The van der Waals surface area contributed by atoms with Crippen LogP contribution < -0.4 is 10.6 Å². The van der Waals surface area contributed by atoms with E-state index < -0.39 is 0 Å². The van der Waals surface area contributed by atoms with E-state index in [0.29, 0.717) is 11.5 Å². The Hall–Kier alpha value is -0.120. The van der Waals surface area contributed by atoms with Gasteiger partial charge in [0.2, 0.25) is 0 Å². The highest BCUT2D eigenvalue weighted by atomic mass is 15.1. The van der Waals surface area contributed by atoms with Crippen LogP contribution in [0.3, 0.4) is 0 Å². The Bertz CT molecular complexity index is 226. The third-order valence-corrected chi connectivity index (χ3v) is 4.73. The van der Waals surface area contributed by atoms with Gasteiger partial charge in [-0.25, -0.2) is 0 Å². The third kappa shape index (κ3) is 3.67. The summed E-state index contributed by atoms with van der Waals surface area (Å²) in [6.45, 7) is 11.0. The van der Waals surface area contributed by atoms with Crippen LogP contribution in [0.4, 0.5) is 0 Å². The molecule has 17 heavy (non-hydrogen) atoms. The van der Waals surface area contributed by atoms with E-state index in [2.05, 4.69) is 36.4 Å². The summed E-state index contributed by atoms with van der Waals surface area (Å²) >= 11 is 0. The maximum Gasteiger partial charge on any atom is 0.0204 e. The predicted molar refractivity (Wildman–Crippen MR) is 73.3 cm³/mol. The summed E-state index contributed by atoms with van der Waals surface area (Å²) in [5.74, 6) is 0.889. The van der Waals surface area contributed by atoms with E-state index in [4.69, 9.17) is 0 Å². The number of nitrogens with zero attached hydrogens (tertiary/aromatic N) is 1. The fraction of sp³-hybridized carbons (Fsp3) is 1.00. The molecule has 100 valence electrons. The maximum atomic E-state index is 3.75. The molecule has 0 aromatic heterocycles. The van der Waals surface area contributed by atoms with Crippen molar-refractivity contribution in [2.45, 2.75) is 39.2 Å². The molecule has 2 aliphatic heterocycles. The molecular weight excluding hydrogens is 210 g/mol. The van der Waals surface area contributed by atoms with Gasteiger partial charge in [0.25, 0.3) is 0 Å². The first-order valence-corrected chi connectivity index (χ1v) is 7.20. The second-order valence-electron chi connectivity index (χ2n) is 6.64. The van der Waals surface area contributed by atoms with Crippen molar-refractivity contribution in [1.29, 1.82) is 0 Å². The minimum absolute atomic E-state index is 0.448. The van der Waals surface area contributed by atoms with E-state index >= 15 is 0 Å². The van der Waals surface area contributed by atoms with Crippen LogP contribution in [0, 0.1) is 11.3 Å². The predicted octanol–water partition coefficient (Wildman–Crippen LogP) is 1.31. The van der Waals surface area contributed by atoms with E-state index in [1.165, 1.54) is 45.4 Å². The average Bonchev–Trinajstić information content (AvgIpc) is 2.80. The largest absolute Gasteiger partial charge is 0.315 e. The Kier molecular flexibility index (Phi) is 4.45. The summed E-state index contributed by atoms with van der Waals surface area (Å²) in [6.07, 6.45) is 4.03. The van der Waals surface area contributed by atoms with E-state index in [1.54, 1.807) is 0 Å². The standard InChI is InChI=1S/C14H29N3/c1-14(2,11-16-13-4-7-15-10-13)12-5-8-17(3)9-6-12/h12-13,15-16H,4-11H2,1-3H3. The lowest BCUT2D eigenvalue weighted by atomic mass is 9.73. The van der Waals surface area contributed by atoms with Crippen molar-refractivity contribution in [1.82, 2.24) is 15.5 Å². The van der Waals surface area contributed by atoms with Gasteiger partial charge in [0.05, 0.1) is 0 Å². The van der Waals surface area contributed by atoms with Crippen LogP contribution in [0.1, 0.15) is 33.1 Å². The minimum atomic E-state index is 0.448. The Morgan fingerprint density at radius 3 is 2.53 bits per heavy atom. The van der Waals surface area contributed by atoms with Crippen LogP contribution in [-0.4, -0.2) is 50.7 Å². The molecule has 1 unspecified atom stereocenters. The van der Waals surface area contributed by atoms with E-state index in [1.807, 2.05) is 0 Å². The summed E-state index contributed by atoms with van der Waals surface area (Å²) in [4.78, 5) is 2.46. The van der Waals surface area contributed by atoms with Crippen LogP contribution >= 0.6 is 0 Å². The molecule has 1 atom stereocenters. The van der Waals surface area contributed by atoms with Crippen LogP contribution in [0.15, 0.2) is 0 Å². The number of likely N-dealkylation sites (tertiary alicyclic amines) is 1. The molecular formula is C14H29N3. The maximum absolute atomic E-state index is 3.75. The molecule has 0 aromatic rings. The number of hydrogen-bond donors (Lipinski definition) is 2. The molecule has 2 fully saturated rings. The van der Waals surface area contributed by atoms with Gasteiger partial charge in [-0.3, -0.25) is 0 Å². The zero-order valence-corrected chi connectivity index (χ0v) is 11.8. The molecule has 0 saturated carbocycles. The van der Waals surface area contributed by atoms with Crippen LogP contribution in [0.25, 0.3) is 0 Å². The Labute approximate surface area is 106 Å². The highest BCUT2D eigenvalue weighted by Gasteiger charge is 2.32. The van der Waals surface area contributed by atoms with Crippen molar-refractivity contribution < 1.29 is 0 Å². The zero-order chi connectivity index (χ0) is 12.3. The van der Waals surface area contributed by atoms with Crippen LogP contribution in [0.5, 0.6) is 0 Å². The molecule has 0 aromatic carbocycles. The van der Waals surface area contributed by atoms with Crippen molar-refractivity contribution in [3.63, 3.8) is 0 Å². The molecule has 0 bridgehead atoms. The van der Waals surface area contributed by atoms with Crippen LogP contribution in [-0.2, 0) is 0 Å². The summed E-state index contributed by atoms with van der Waals surface area (Å²) in [5.41, 5.74) is 0.448. The molecule has 2 rings (SSSR count). The number of hydrogen-bond acceptors (Lipinski definition) is 3.